The highest BCUT2D eigenvalue weighted by Crippen LogP contribution is 2.50. The molecule has 110 valence electrons. The van der Waals surface area contributed by atoms with E-state index in [1.54, 1.807) is 0 Å². The van der Waals surface area contributed by atoms with Gasteiger partial charge in [-0.3, -0.25) is 0 Å². The van der Waals surface area contributed by atoms with Crippen molar-refractivity contribution in [3.63, 3.8) is 0 Å². The molecule has 0 heterocycles. The molecule has 1 aliphatic carbocycles. The molecule has 0 radical (unpaired) electrons. The van der Waals surface area contributed by atoms with E-state index in [-0.39, 0.29) is 5.92 Å². The molecular formula is C19H22O2. The average Bonchev–Trinajstić information content (AvgIpc) is 2.54. The molecule has 2 atom stereocenters. The van der Waals surface area contributed by atoms with Gasteiger partial charge in [-0.15, -0.1) is 0 Å². The first kappa shape index (κ1) is 14.3. The van der Waals surface area contributed by atoms with Crippen molar-refractivity contribution in [2.45, 2.75) is 37.4 Å². The lowest BCUT2D eigenvalue weighted by Gasteiger charge is -2.49. The maximum absolute atomic E-state index is 11.2. The molecule has 0 spiro atoms. The Morgan fingerprint density at radius 2 is 1.14 bits per heavy atom. The van der Waals surface area contributed by atoms with Crippen LogP contribution >= 0.6 is 0 Å². The highest BCUT2D eigenvalue weighted by Gasteiger charge is 2.51. The van der Waals surface area contributed by atoms with Gasteiger partial charge in [0.1, 0.15) is 0 Å². The van der Waals surface area contributed by atoms with E-state index in [0.29, 0.717) is 12.8 Å². The summed E-state index contributed by atoms with van der Waals surface area (Å²) in [5.74, 6) is -0.261. The van der Waals surface area contributed by atoms with E-state index in [9.17, 15) is 10.2 Å². The molecule has 2 aromatic rings. The van der Waals surface area contributed by atoms with Crippen LogP contribution in [0.1, 0.15) is 37.3 Å². The zero-order valence-electron chi connectivity index (χ0n) is 12.4. The Morgan fingerprint density at radius 1 is 0.762 bits per heavy atom. The van der Waals surface area contributed by atoms with E-state index in [2.05, 4.69) is 0 Å². The molecule has 1 fully saturated rings. The van der Waals surface area contributed by atoms with Crippen LogP contribution in [0.15, 0.2) is 60.7 Å². The quantitative estimate of drug-likeness (QED) is 0.884. The van der Waals surface area contributed by atoms with E-state index in [4.69, 9.17) is 0 Å². The number of rotatable bonds is 2. The Morgan fingerprint density at radius 3 is 1.52 bits per heavy atom. The molecule has 0 aromatic heterocycles. The fourth-order valence-electron chi connectivity index (χ4n) is 3.70. The van der Waals surface area contributed by atoms with E-state index >= 15 is 0 Å². The van der Waals surface area contributed by atoms with Crippen LogP contribution in [0.4, 0.5) is 0 Å². The molecule has 0 bridgehead atoms. The predicted octanol–water partition coefficient (Wildman–Crippen LogP) is 3.58. The van der Waals surface area contributed by atoms with Crippen LogP contribution in [0.3, 0.4) is 0 Å². The number of hydrogen-bond acceptors (Lipinski definition) is 2. The maximum atomic E-state index is 11.2. The van der Waals surface area contributed by atoms with E-state index in [1.807, 2.05) is 67.6 Å². The van der Waals surface area contributed by atoms with Gasteiger partial charge >= 0.3 is 0 Å². The molecular weight excluding hydrogens is 260 g/mol. The molecule has 1 aliphatic rings. The van der Waals surface area contributed by atoms with Crippen molar-refractivity contribution in [3.8, 4) is 0 Å². The monoisotopic (exact) mass is 282 g/mol. The van der Waals surface area contributed by atoms with Crippen molar-refractivity contribution in [2.24, 2.45) is 5.92 Å². The highest BCUT2D eigenvalue weighted by atomic mass is 16.3. The van der Waals surface area contributed by atoms with Crippen LogP contribution in [-0.4, -0.2) is 10.2 Å². The summed E-state index contributed by atoms with van der Waals surface area (Å²) in [4.78, 5) is 0. The number of hydrogen-bond donors (Lipinski definition) is 2. The Bertz CT molecular complexity index is 542. The Labute approximate surface area is 126 Å². The van der Waals surface area contributed by atoms with Crippen molar-refractivity contribution < 1.29 is 10.2 Å². The van der Waals surface area contributed by atoms with Gasteiger partial charge in [0.25, 0.3) is 0 Å². The lowest BCUT2D eigenvalue weighted by molar-refractivity contribution is -0.162. The van der Waals surface area contributed by atoms with Crippen LogP contribution < -0.4 is 0 Å². The molecule has 0 amide bonds. The second kappa shape index (κ2) is 5.28. The van der Waals surface area contributed by atoms with Gasteiger partial charge in [0.2, 0.25) is 0 Å². The second-order valence-corrected chi connectivity index (χ2v) is 6.16. The van der Waals surface area contributed by atoms with Crippen LogP contribution in [0, 0.1) is 5.92 Å². The second-order valence-electron chi connectivity index (χ2n) is 6.16. The topological polar surface area (TPSA) is 40.5 Å². The zero-order valence-corrected chi connectivity index (χ0v) is 12.4. The Kier molecular flexibility index (Phi) is 3.60. The lowest BCUT2D eigenvalue weighted by atomic mass is 9.62. The van der Waals surface area contributed by atoms with Crippen LogP contribution in [-0.2, 0) is 11.2 Å². The molecule has 2 aromatic carbocycles. The van der Waals surface area contributed by atoms with Crippen molar-refractivity contribution in [3.05, 3.63) is 71.8 Å². The molecule has 1 saturated carbocycles. The molecule has 2 N–H and O–H groups in total. The first-order chi connectivity index (χ1) is 10.1. The number of aliphatic hydroxyl groups is 2. The third kappa shape index (κ3) is 2.29. The largest absolute Gasteiger partial charge is 0.385 e. The molecule has 0 saturated heterocycles. The van der Waals surface area contributed by atoms with E-state index < -0.39 is 11.2 Å². The molecule has 21 heavy (non-hydrogen) atoms. The molecule has 3 rings (SSSR count). The number of benzene rings is 2. The molecule has 0 aliphatic heterocycles. The average molecular weight is 282 g/mol. The van der Waals surface area contributed by atoms with Gasteiger partial charge in [0.15, 0.2) is 0 Å². The summed E-state index contributed by atoms with van der Waals surface area (Å²) in [6.45, 7) is 1.96. The fraction of sp³-hybridized carbons (Fsp3) is 0.368. The van der Waals surface area contributed by atoms with Crippen molar-refractivity contribution in [1.82, 2.24) is 0 Å². The normalized spacial score (nSPS) is 32.8. The predicted molar refractivity (Wildman–Crippen MR) is 83.7 cm³/mol. The third-order valence-electron chi connectivity index (χ3n) is 5.10. The van der Waals surface area contributed by atoms with E-state index in [1.165, 1.54) is 0 Å². The molecule has 2 nitrogen and oxygen atoms in total. The highest BCUT2D eigenvalue weighted by molar-refractivity contribution is 5.30. The SMILES string of the molecule is CC1C(O)(c2ccccc2)CCCC1(O)c1ccccc1. The van der Waals surface area contributed by atoms with Gasteiger partial charge in [0, 0.05) is 5.92 Å². The summed E-state index contributed by atoms with van der Waals surface area (Å²) < 4.78 is 0. The van der Waals surface area contributed by atoms with Crippen molar-refractivity contribution in [1.29, 1.82) is 0 Å². The standard InChI is InChI=1S/C19H22O2/c1-15-18(20,16-9-4-2-5-10-16)13-8-14-19(15,21)17-11-6-3-7-12-17/h2-7,9-12,15,20-21H,8,13-14H2,1H3. The summed E-state index contributed by atoms with van der Waals surface area (Å²) in [5.41, 5.74) is -0.174. The minimum Gasteiger partial charge on any atom is -0.385 e. The first-order valence-corrected chi connectivity index (χ1v) is 7.63. The van der Waals surface area contributed by atoms with Gasteiger partial charge in [-0.2, -0.15) is 0 Å². The summed E-state index contributed by atoms with van der Waals surface area (Å²) in [7, 11) is 0. The molecule has 2 heteroatoms. The first-order valence-electron chi connectivity index (χ1n) is 7.63. The van der Waals surface area contributed by atoms with Gasteiger partial charge in [0.05, 0.1) is 11.2 Å². The van der Waals surface area contributed by atoms with Gasteiger partial charge in [-0.05, 0) is 30.4 Å². The van der Waals surface area contributed by atoms with Gasteiger partial charge in [-0.25, -0.2) is 0 Å². The van der Waals surface area contributed by atoms with Crippen molar-refractivity contribution >= 4 is 0 Å². The van der Waals surface area contributed by atoms with Crippen LogP contribution in [0.25, 0.3) is 0 Å². The van der Waals surface area contributed by atoms with E-state index in [0.717, 1.165) is 17.5 Å². The summed E-state index contributed by atoms with van der Waals surface area (Å²) in [6.07, 6.45) is 2.18. The van der Waals surface area contributed by atoms with Gasteiger partial charge in [-0.1, -0.05) is 67.6 Å². The van der Waals surface area contributed by atoms with Crippen molar-refractivity contribution in [2.75, 3.05) is 0 Å². The summed E-state index contributed by atoms with van der Waals surface area (Å²) >= 11 is 0. The summed E-state index contributed by atoms with van der Waals surface area (Å²) in [5, 5.41) is 22.5. The Balaban J connectivity index is 2.03. The lowest BCUT2D eigenvalue weighted by Crippen LogP contribution is -2.50. The minimum absolute atomic E-state index is 0.261. The molecule has 2 unspecified atom stereocenters. The fourth-order valence-corrected chi connectivity index (χ4v) is 3.70. The Hall–Kier alpha value is -1.64. The van der Waals surface area contributed by atoms with Gasteiger partial charge < -0.3 is 10.2 Å². The minimum atomic E-state index is -0.982. The van der Waals surface area contributed by atoms with Crippen LogP contribution in [0.2, 0.25) is 0 Å². The van der Waals surface area contributed by atoms with Crippen LogP contribution in [0.5, 0.6) is 0 Å². The maximum Gasteiger partial charge on any atom is 0.0952 e. The summed E-state index contributed by atoms with van der Waals surface area (Å²) in [6, 6.07) is 19.5. The third-order valence-corrected chi connectivity index (χ3v) is 5.10. The smallest absolute Gasteiger partial charge is 0.0952 e. The zero-order chi connectivity index (χ0) is 14.9.